The lowest BCUT2D eigenvalue weighted by Gasteiger charge is -2.10. The molecule has 4 aromatic rings. The molecule has 0 aliphatic rings. The Morgan fingerprint density at radius 1 is 0.826 bits per heavy atom. The molecule has 2 heterocycles. The van der Waals surface area contributed by atoms with Crippen molar-refractivity contribution in [3.05, 3.63) is 95.7 Å². The van der Waals surface area contributed by atoms with E-state index >= 15 is 0 Å². The highest BCUT2D eigenvalue weighted by atomic mass is 16.1. The Labute approximate surface area is 133 Å². The molecule has 0 aliphatic carbocycles. The van der Waals surface area contributed by atoms with Crippen LogP contribution in [-0.4, -0.2) is 9.55 Å². The molecule has 0 spiro atoms. The third-order valence-corrected chi connectivity index (χ3v) is 3.94. The second-order valence-corrected chi connectivity index (χ2v) is 5.34. The van der Waals surface area contributed by atoms with Crippen molar-refractivity contribution in [3.8, 4) is 16.8 Å². The van der Waals surface area contributed by atoms with E-state index in [4.69, 9.17) is 0 Å². The van der Waals surface area contributed by atoms with Crippen molar-refractivity contribution in [3.63, 3.8) is 0 Å². The van der Waals surface area contributed by atoms with Crippen LogP contribution >= 0.6 is 0 Å². The molecule has 2 aromatic carbocycles. The van der Waals surface area contributed by atoms with E-state index in [-0.39, 0.29) is 5.56 Å². The Morgan fingerprint density at radius 2 is 1.70 bits per heavy atom. The van der Waals surface area contributed by atoms with Crippen molar-refractivity contribution >= 4 is 10.8 Å². The number of hydrogen-bond donors (Lipinski definition) is 0. The van der Waals surface area contributed by atoms with Crippen molar-refractivity contribution < 1.29 is 0 Å². The van der Waals surface area contributed by atoms with Gasteiger partial charge in [0.25, 0.3) is 5.56 Å². The number of para-hydroxylation sites is 1. The second-order valence-electron chi connectivity index (χ2n) is 5.34. The zero-order valence-electron chi connectivity index (χ0n) is 12.4. The molecular weight excluding hydrogens is 284 g/mol. The Bertz CT molecular complexity index is 1020. The predicted octanol–water partition coefficient (Wildman–Crippen LogP) is 4.05. The van der Waals surface area contributed by atoms with Crippen LogP contribution in [0.4, 0.5) is 0 Å². The van der Waals surface area contributed by atoms with E-state index in [2.05, 4.69) is 4.98 Å². The zero-order valence-corrected chi connectivity index (χ0v) is 12.4. The average molecular weight is 298 g/mol. The number of benzene rings is 2. The van der Waals surface area contributed by atoms with E-state index in [1.165, 1.54) is 0 Å². The summed E-state index contributed by atoms with van der Waals surface area (Å²) < 4.78 is 1.68. The number of fused-ring (bicyclic) bond motifs is 1. The molecule has 0 bridgehead atoms. The first-order valence-corrected chi connectivity index (χ1v) is 7.45. The number of hydrogen-bond acceptors (Lipinski definition) is 2. The molecule has 0 amide bonds. The van der Waals surface area contributed by atoms with E-state index in [0.29, 0.717) is 5.39 Å². The first kappa shape index (κ1) is 13.5. The van der Waals surface area contributed by atoms with E-state index in [9.17, 15) is 4.79 Å². The molecule has 0 aliphatic heterocycles. The third-order valence-electron chi connectivity index (χ3n) is 3.94. The van der Waals surface area contributed by atoms with Crippen LogP contribution in [0.15, 0.2) is 90.1 Å². The molecule has 110 valence electrons. The summed E-state index contributed by atoms with van der Waals surface area (Å²) in [7, 11) is 0. The van der Waals surface area contributed by atoms with Gasteiger partial charge in [-0.15, -0.1) is 0 Å². The van der Waals surface area contributed by atoms with Gasteiger partial charge in [-0.25, -0.2) is 0 Å². The van der Waals surface area contributed by atoms with Gasteiger partial charge in [0, 0.05) is 29.8 Å². The SMILES string of the molecule is O=c1c2c(-c3cccnc3)cccc2ccn1-c1ccccc1. The summed E-state index contributed by atoms with van der Waals surface area (Å²) in [5.74, 6) is 0. The fourth-order valence-corrected chi connectivity index (χ4v) is 2.85. The topological polar surface area (TPSA) is 34.9 Å². The molecule has 3 heteroatoms. The fraction of sp³-hybridized carbons (Fsp3) is 0. The lowest BCUT2D eigenvalue weighted by molar-refractivity contribution is 1.01. The first-order chi connectivity index (χ1) is 11.3. The maximum absolute atomic E-state index is 13.1. The van der Waals surface area contributed by atoms with Crippen molar-refractivity contribution in [2.75, 3.05) is 0 Å². The molecule has 3 nitrogen and oxygen atoms in total. The summed E-state index contributed by atoms with van der Waals surface area (Å²) in [5.41, 5.74) is 2.69. The summed E-state index contributed by atoms with van der Waals surface area (Å²) in [6.45, 7) is 0. The van der Waals surface area contributed by atoms with Gasteiger partial charge in [0.05, 0.1) is 5.39 Å². The Morgan fingerprint density at radius 3 is 2.48 bits per heavy atom. The Balaban J connectivity index is 2.05. The lowest BCUT2D eigenvalue weighted by atomic mass is 10.0. The first-order valence-electron chi connectivity index (χ1n) is 7.45. The average Bonchev–Trinajstić information content (AvgIpc) is 2.63. The molecule has 0 N–H and O–H groups in total. The summed E-state index contributed by atoms with van der Waals surface area (Å²) >= 11 is 0. The molecule has 0 fully saturated rings. The Hall–Kier alpha value is -3.20. The van der Waals surface area contributed by atoms with Gasteiger partial charge in [0.15, 0.2) is 0 Å². The molecule has 0 unspecified atom stereocenters. The predicted molar refractivity (Wildman–Crippen MR) is 92.8 cm³/mol. The van der Waals surface area contributed by atoms with Crippen LogP contribution in [0.3, 0.4) is 0 Å². The molecule has 0 saturated heterocycles. The minimum atomic E-state index is -0.0202. The maximum atomic E-state index is 13.1. The number of aromatic nitrogens is 2. The van der Waals surface area contributed by atoms with Gasteiger partial charge in [-0.3, -0.25) is 14.3 Å². The lowest BCUT2D eigenvalue weighted by Crippen LogP contribution is -2.18. The normalized spacial score (nSPS) is 10.8. The fourth-order valence-electron chi connectivity index (χ4n) is 2.85. The van der Waals surface area contributed by atoms with Gasteiger partial charge in [0.1, 0.15) is 0 Å². The standard InChI is InChI=1S/C20H14N2O/c23-20-19-15(11-13-22(20)17-8-2-1-3-9-17)6-4-10-18(19)16-7-5-12-21-14-16/h1-14H. The van der Waals surface area contributed by atoms with Gasteiger partial charge in [-0.1, -0.05) is 42.5 Å². The van der Waals surface area contributed by atoms with E-state index < -0.39 is 0 Å². The third kappa shape index (κ3) is 2.32. The molecule has 0 atom stereocenters. The highest BCUT2D eigenvalue weighted by molar-refractivity contribution is 5.95. The smallest absolute Gasteiger partial charge is 0.263 e. The zero-order chi connectivity index (χ0) is 15.6. The summed E-state index contributed by atoms with van der Waals surface area (Å²) in [6, 6.07) is 21.4. The minimum absolute atomic E-state index is 0.0202. The van der Waals surface area contributed by atoms with Crippen LogP contribution in [0.1, 0.15) is 0 Å². The maximum Gasteiger partial charge on any atom is 0.263 e. The number of nitrogens with zero attached hydrogens (tertiary/aromatic N) is 2. The second kappa shape index (κ2) is 5.54. The van der Waals surface area contributed by atoms with Crippen LogP contribution in [0.2, 0.25) is 0 Å². The van der Waals surface area contributed by atoms with Gasteiger partial charge < -0.3 is 0 Å². The quantitative estimate of drug-likeness (QED) is 0.559. The highest BCUT2D eigenvalue weighted by Gasteiger charge is 2.10. The van der Waals surface area contributed by atoms with Crippen molar-refractivity contribution in [1.29, 1.82) is 0 Å². The monoisotopic (exact) mass is 298 g/mol. The van der Waals surface area contributed by atoms with Crippen LogP contribution < -0.4 is 5.56 Å². The van der Waals surface area contributed by atoms with Gasteiger partial charge >= 0.3 is 0 Å². The minimum Gasteiger partial charge on any atom is -0.284 e. The summed E-state index contributed by atoms with van der Waals surface area (Å²) in [4.78, 5) is 17.2. The number of pyridine rings is 2. The van der Waals surface area contributed by atoms with Gasteiger partial charge in [0.2, 0.25) is 0 Å². The molecule has 0 radical (unpaired) electrons. The van der Waals surface area contributed by atoms with Gasteiger partial charge in [-0.05, 0) is 35.2 Å². The largest absolute Gasteiger partial charge is 0.284 e. The molecule has 2 aromatic heterocycles. The number of rotatable bonds is 2. The van der Waals surface area contributed by atoms with Crippen molar-refractivity contribution in [2.45, 2.75) is 0 Å². The van der Waals surface area contributed by atoms with E-state index in [1.807, 2.05) is 72.9 Å². The van der Waals surface area contributed by atoms with Crippen LogP contribution in [0.25, 0.3) is 27.6 Å². The van der Waals surface area contributed by atoms with Crippen molar-refractivity contribution in [1.82, 2.24) is 9.55 Å². The molecule has 4 rings (SSSR count). The van der Waals surface area contributed by atoms with E-state index in [1.54, 1.807) is 17.0 Å². The molecule has 0 saturated carbocycles. The molecular formula is C20H14N2O. The summed E-state index contributed by atoms with van der Waals surface area (Å²) in [6.07, 6.45) is 5.35. The van der Waals surface area contributed by atoms with Crippen LogP contribution in [-0.2, 0) is 0 Å². The van der Waals surface area contributed by atoms with Crippen LogP contribution in [0.5, 0.6) is 0 Å². The molecule has 23 heavy (non-hydrogen) atoms. The van der Waals surface area contributed by atoms with Crippen molar-refractivity contribution in [2.24, 2.45) is 0 Å². The van der Waals surface area contributed by atoms with Crippen LogP contribution in [0, 0.1) is 0 Å². The van der Waals surface area contributed by atoms with Gasteiger partial charge in [-0.2, -0.15) is 0 Å². The summed E-state index contributed by atoms with van der Waals surface area (Å²) in [5, 5.41) is 1.65. The highest BCUT2D eigenvalue weighted by Crippen LogP contribution is 2.25. The Kier molecular flexibility index (Phi) is 3.24. The van der Waals surface area contributed by atoms with E-state index in [0.717, 1.165) is 22.2 Å².